The number of carbonyl (C=O) groups excluding carboxylic acids is 2. The van der Waals surface area contributed by atoms with Gasteiger partial charge in [-0.1, -0.05) is 6.92 Å². The molecule has 23 heavy (non-hydrogen) atoms. The predicted molar refractivity (Wildman–Crippen MR) is 84.4 cm³/mol. The maximum Gasteiger partial charge on any atom is 0.344 e. The van der Waals surface area contributed by atoms with Crippen molar-refractivity contribution in [2.24, 2.45) is 5.92 Å². The van der Waals surface area contributed by atoms with Crippen molar-refractivity contribution in [2.75, 3.05) is 33.4 Å². The lowest BCUT2D eigenvalue weighted by Crippen LogP contribution is -2.41. The summed E-state index contributed by atoms with van der Waals surface area (Å²) in [6, 6.07) is 6.88. The number of rotatable bonds is 6. The minimum atomic E-state index is -0.556. The Morgan fingerprint density at radius 1 is 1.17 bits per heavy atom. The van der Waals surface area contributed by atoms with Crippen molar-refractivity contribution in [1.82, 2.24) is 4.90 Å². The third-order valence-electron chi connectivity index (χ3n) is 3.78. The van der Waals surface area contributed by atoms with Crippen LogP contribution in [0.4, 0.5) is 0 Å². The van der Waals surface area contributed by atoms with Crippen LogP contribution in [0.25, 0.3) is 0 Å². The van der Waals surface area contributed by atoms with Crippen molar-refractivity contribution in [3.63, 3.8) is 0 Å². The van der Waals surface area contributed by atoms with Crippen LogP contribution < -0.4 is 9.47 Å². The number of ether oxygens (including phenoxy) is 3. The van der Waals surface area contributed by atoms with Crippen LogP contribution in [0.1, 0.15) is 19.8 Å². The Bertz CT molecular complexity index is 528. The Balaban J connectivity index is 1.68. The minimum absolute atomic E-state index is 0.144. The number of hydrogen-bond acceptors (Lipinski definition) is 5. The van der Waals surface area contributed by atoms with E-state index in [0.29, 0.717) is 17.4 Å². The summed E-state index contributed by atoms with van der Waals surface area (Å²) >= 11 is 0. The Hall–Kier alpha value is -2.24. The van der Waals surface area contributed by atoms with Crippen molar-refractivity contribution < 1.29 is 23.8 Å². The fourth-order valence-corrected chi connectivity index (χ4v) is 2.51. The molecule has 1 fully saturated rings. The molecule has 1 aromatic carbocycles. The van der Waals surface area contributed by atoms with E-state index in [4.69, 9.17) is 14.2 Å². The summed E-state index contributed by atoms with van der Waals surface area (Å²) in [6.07, 6.45) is 2.14. The molecular weight excluding hydrogens is 298 g/mol. The number of likely N-dealkylation sites (tertiary alicyclic amines) is 1. The molecule has 1 aromatic rings. The summed E-state index contributed by atoms with van der Waals surface area (Å²) in [5.41, 5.74) is 0. The van der Waals surface area contributed by atoms with E-state index in [1.807, 2.05) is 0 Å². The molecule has 0 spiro atoms. The van der Waals surface area contributed by atoms with E-state index >= 15 is 0 Å². The number of hydrogen-bond donors (Lipinski definition) is 0. The molecule has 1 heterocycles. The molecule has 6 nitrogen and oxygen atoms in total. The van der Waals surface area contributed by atoms with Crippen LogP contribution in [-0.4, -0.2) is 50.2 Å². The molecule has 1 saturated heterocycles. The number of nitrogens with zero attached hydrogens (tertiary/aromatic N) is 1. The van der Waals surface area contributed by atoms with Gasteiger partial charge in [-0.25, -0.2) is 4.79 Å². The van der Waals surface area contributed by atoms with Crippen LogP contribution in [-0.2, 0) is 14.3 Å². The number of amides is 1. The first kappa shape index (κ1) is 17.1. The lowest BCUT2D eigenvalue weighted by atomic mass is 10.0. The molecule has 126 valence electrons. The first-order chi connectivity index (χ1) is 11.1. The minimum Gasteiger partial charge on any atom is -0.497 e. The third kappa shape index (κ3) is 5.47. The maximum atomic E-state index is 12.0. The molecule has 1 amide bonds. The maximum absolute atomic E-state index is 12.0. The van der Waals surface area contributed by atoms with Gasteiger partial charge in [-0.15, -0.1) is 0 Å². The summed E-state index contributed by atoms with van der Waals surface area (Å²) in [6.45, 7) is 3.14. The molecule has 6 heteroatoms. The van der Waals surface area contributed by atoms with Crippen LogP contribution in [0.5, 0.6) is 11.5 Å². The quantitative estimate of drug-likeness (QED) is 0.749. The fourth-order valence-electron chi connectivity index (χ4n) is 2.51. The number of piperidine rings is 1. The van der Waals surface area contributed by atoms with E-state index < -0.39 is 5.97 Å². The highest BCUT2D eigenvalue weighted by Gasteiger charge is 2.21. The van der Waals surface area contributed by atoms with Gasteiger partial charge in [0.1, 0.15) is 11.5 Å². The third-order valence-corrected chi connectivity index (χ3v) is 3.78. The standard InChI is InChI=1S/C17H23NO5/c1-13-4-3-9-18(10-13)16(19)11-23-17(20)12-22-15-7-5-14(21-2)6-8-15/h5-8,13H,3-4,9-12H2,1-2H3. The van der Waals surface area contributed by atoms with Crippen LogP contribution in [0.15, 0.2) is 24.3 Å². The lowest BCUT2D eigenvalue weighted by molar-refractivity contribution is -0.154. The van der Waals surface area contributed by atoms with Crippen molar-refractivity contribution >= 4 is 11.9 Å². The van der Waals surface area contributed by atoms with E-state index in [9.17, 15) is 9.59 Å². The molecule has 0 radical (unpaired) electrons. The van der Waals surface area contributed by atoms with Gasteiger partial charge in [-0.3, -0.25) is 4.79 Å². The van der Waals surface area contributed by atoms with E-state index in [2.05, 4.69) is 6.92 Å². The Labute approximate surface area is 136 Å². The highest BCUT2D eigenvalue weighted by atomic mass is 16.6. The summed E-state index contributed by atoms with van der Waals surface area (Å²) < 4.78 is 15.3. The molecule has 1 unspecified atom stereocenters. The second-order valence-corrected chi connectivity index (χ2v) is 5.71. The summed E-state index contributed by atoms with van der Waals surface area (Å²) in [5, 5.41) is 0. The SMILES string of the molecule is COc1ccc(OCC(=O)OCC(=O)N2CCCC(C)C2)cc1. The van der Waals surface area contributed by atoms with Gasteiger partial charge in [0, 0.05) is 13.1 Å². The van der Waals surface area contributed by atoms with E-state index in [0.717, 1.165) is 25.9 Å². The number of carbonyl (C=O) groups is 2. The highest BCUT2D eigenvalue weighted by Crippen LogP contribution is 2.17. The molecule has 0 aromatic heterocycles. The normalized spacial score (nSPS) is 17.5. The number of benzene rings is 1. The fraction of sp³-hybridized carbons (Fsp3) is 0.529. The zero-order valence-corrected chi connectivity index (χ0v) is 13.6. The largest absolute Gasteiger partial charge is 0.497 e. The second-order valence-electron chi connectivity index (χ2n) is 5.71. The monoisotopic (exact) mass is 321 g/mol. The van der Waals surface area contributed by atoms with Gasteiger partial charge in [0.25, 0.3) is 5.91 Å². The molecule has 0 N–H and O–H groups in total. The number of esters is 1. The Kier molecular flexibility index (Phi) is 6.26. The molecule has 1 aliphatic rings. The van der Waals surface area contributed by atoms with Gasteiger partial charge >= 0.3 is 5.97 Å². The molecule has 0 aliphatic carbocycles. The molecule has 2 rings (SSSR count). The van der Waals surface area contributed by atoms with Crippen LogP contribution >= 0.6 is 0 Å². The van der Waals surface area contributed by atoms with Crippen LogP contribution in [0.3, 0.4) is 0 Å². The van der Waals surface area contributed by atoms with Gasteiger partial charge < -0.3 is 19.1 Å². The molecule has 1 aliphatic heterocycles. The van der Waals surface area contributed by atoms with Crippen molar-refractivity contribution in [3.05, 3.63) is 24.3 Å². The Morgan fingerprint density at radius 2 is 1.87 bits per heavy atom. The zero-order chi connectivity index (χ0) is 16.7. The van der Waals surface area contributed by atoms with Crippen molar-refractivity contribution in [1.29, 1.82) is 0 Å². The van der Waals surface area contributed by atoms with Gasteiger partial charge in [0.05, 0.1) is 7.11 Å². The lowest BCUT2D eigenvalue weighted by Gasteiger charge is -2.30. The van der Waals surface area contributed by atoms with E-state index in [-0.39, 0.29) is 19.1 Å². The zero-order valence-electron chi connectivity index (χ0n) is 13.6. The topological polar surface area (TPSA) is 65.1 Å². The van der Waals surface area contributed by atoms with Gasteiger partial charge in [-0.05, 0) is 43.0 Å². The smallest absolute Gasteiger partial charge is 0.344 e. The van der Waals surface area contributed by atoms with Crippen molar-refractivity contribution in [2.45, 2.75) is 19.8 Å². The summed E-state index contributed by atoms with van der Waals surface area (Å²) in [4.78, 5) is 25.4. The van der Waals surface area contributed by atoms with Gasteiger partial charge in [0.2, 0.25) is 0 Å². The summed E-state index contributed by atoms with van der Waals surface area (Å²) in [5.74, 6) is 1.05. The predicted octanol–water partition coefficient (Wildman–Crippen LogP) is 1.88. The van der Waals surface area contributed by atoms with Crippen LogP contribution in [0.2, 0.25) is 0 Å². The highest BCUT2D eigenvalue weighted by molar-refractivity contribution is 5.81. The van der Waals surface area contributed by atoms with E-state index in [1.165, 1.54) is 0 Å². The molecule has 0 saturated carbocycles. The second kappa shape index (κ2) is 8.41. The number of methoxy groups -OCH3 is 1. The first-order valence-corrected chi connectivity index (χ1v) is 7.78. The molecule has 1 atom stereocenters. The van der Waals surface area contributed by atoms with Crippen molar-refractivity contribution in [3.8, 4) is 11.5 Å². The average molecular weight is 321 g/mol. The molecular formula is C17H23NO5. The van der Waals surface area contributed by atoms with Gasteiger partial charge in [0.15, 0.2) is 13.2 Å². The average Bonchev–Trinajstić information content (AvgIpc) is 2.58. The first-order valence-electron chi connectivity index (χ1n) is 7.78. The summed E-state index contributed by atoms with van der Waals surface area (Å²) in [7, 11) is 1.58. The van der Waals surface area contributed by atoms with Crippen LogP contribution in [0, 0.1) is 5.92 Å². The van der Waals surface area contributed by atoms with Gasteiger partial charge in [-0.2, -0.15) is 0 Å². The molecule has 0 bridgehead atoms. The Morgan fingerprint density at radius 3 is 2.52 bits per heavy atom. The van der Waals surface area contributed by atoms with E-state index in [1.54, 1.807) is 36.3 Å².